The maximum absolute atomic E-state index is 11.1. The zero-order valence-electron chi connectivity index (χ0n) is 13.3. The van der Waals surface area contributed by atoms with Crippen molar-refractivity contribution < 1.29 is 9.84 Å². The van der Waals surface area contributed by atoms with Crippen LogP contribution in [0.4, 0.5) is 0 Å². The molecule has 1 aliphatic heterocycles. The minimum Gasteiger partial charge on any atom is -0.383 e. The summed E-state index contributed by atoms with van der Waals surface area (Å²) >= 11 is 6.31. The molecule has 0 spiro atoms. The highest BCUT2D eigenvalue weighted by Crippen LogP contribution is 2.39. The van der Waals surface area contributed by atoms with Crippen molar-refractivity contribution in [2.45, 2.75) is 44.9 Å². The molecule has 0 saturated carbocycles. The van der Waals surface area contributed by atoms with Gasteiger partial charge in [-0.3, -0.25) is 4.68 Å². The summed E-state index contributed by atoms with van der Waals surface area (Å²) in [4.78, 5) is 2.09. The Balaban J connectivity index is 2.24. The highest BCUT2D eigenvalue weighted by molar-refractivity contribution is 6.31. The fourth-order valence-corrected chi connectivity index (χ4v) is 3.12. The van der Waals surface area contributed by atoms with E-state index >= 15 is 0 Å². The molecule has 1 N–H and O–H groups in total. The zero-order chi connectivity index (χ0) is 15.6. The first-order chi connectivity index (χ1) is 9.83. The van der Waals surface area contributed by atoms with Crippen molar-refractivity contribution in [2.24, 2.45) is 5.92 Å². The van der Waals surface area contributed by atoms with Gasteiger partial charge in [0.15, 0.2) is 0 Å². The molecule has 21 heavy (non-hydrogen) atoms. The Labute approximate surface area is 131 Å². The second-order valence-corrected chi connectivity index (χ2v) is 6.91. The Morgan fingerprint density at radius 1 is 1.57 bits per heavy atom. The van der Waals surface area contributed by atoms with E-state index in [4.69, 9.17) is 16.3 Å². The van der Waals surface area contributed by atoms with E-state index in [0.717, 1.165) is 12.2 Å². The summed E-state index contributed by atoms with van der Waals surface area (Å²) in [7, 11) is 4.03. The van der Waals surface area contributed by atoms with Crippen LogP contribution in [0.3, 0.4) is 0 Å². The molecule has 2 rings (SSSR count). The fraction of sp³-hybridized carbons (Fsp3) is 0.800. The largest absolute Gasteiger partial charge is 0.383 e. The first kappa shape index (κ1) is 16.7. The molecule has 2 atom stereocenters. The van der Waals surface area contributed by atoms with E-state index in [0.29, 0.717) is 36.9 Å². The molecule has 0 aromatic carbocycles. The van der Waals surface area contributed by atoms with E-state index in [1.165, 1.54) is 0 Å². The van der Waals surface area contributed by atoms with Gasteiger partial charge in [0.05, 0.1) is 36.2 Å². The van der Waals surface area contributed by atoms with Crippen molar-refractivity contribution in [3.63, 3.8) is 0 Å². The van der Waals surface area contributed by atoms with Gasteiger partial charge in [0.2, 0.25) is 0 Å². The van der Waals surface area contributed by atoms with Gasteiger partial charge in [-0.15, -0.1) is 0 Å². The topological polar surface area (TPSA) is 50.5 Å². The normalized spacial score (nSPS) is 26.8. The van der Waals surface area contributed by atoms with Gasteiger partial charge in [-0.2, -0.15) is 5.10 Å². The van der Waals surface area contributed by atoms with Gasteiger partial charge < -0.3 is 14.7 Å². The molecule has 2 unspecified atom stereocenters. The van der Waals surface area contributed by atoms with E-state index < -0.39 is 5.60 Å². The summed E-state index contributed by atoms with van der Waals surface area (Å²) in [5, 5.41) is 16.0. The van der Waals surface area contributed by atoms with Crippen LogP contribution in [-0.2, 0) is 16.9 Å². The molecule has 1 aliphatic rings. The summed E-state index contributed by atoms with van der Waals surface area (Å²) in [6.07, 6.45) is 2.81. The third-order valence-electron chi connectivity index (χ3n) is 4.12. The van der Waals surface area contributed by atoms with Gasteiger partial charge in [0, 0.05) is 19.4 Å². The average molecular weight is 316 g/mol. The molecule has 120 valence electrons. The van der Waals surface area contributed by atoms with Crippen LogP contribution < -0.4 is 0 Å². The minimum absolute atomic E-state index is 0.0528. The number of hydrogen-bond donors (Lipinski definition) is 1. The van der Waals surface area contributed by atoms with Gasteiger partial charge in [-0.1, -0.05) is 25.4 Å². The van der Waals surface area contributed by atoms with Crippen molar-refractivity contribution in [1.29, 1.82) is 0 Å². The molecule has 0 amide bonds. The third-order valence-corrected chi connectivity index (χ3v) is 4.40. The van der Waals surface area contributed by atoms with Crippen LogP contribution >= 0.6 is 11.6 Å². The lowest BCUT2D eigenvalue weighted by Gasteiger charge is -2.39. The lowest BCUT2D eigenvalue weighted by Crippen LogP contribution is -2.42. The lowest BCUT2D eigenvalue weighted by molar-refractivity contribution is -0.124. The van der Waals surface area contributed by atoms with Crippen LogP contribution in [0.15, 0.2) is 6.20 Å². The Bertz CT molecular complexity index is 475. The molecular weight excluding hydrogens is 290 g/mol. The Hall–Kier alpha value is -0.620. The summed E-state index contributed by atoms with van der Waals surface area (Å²) in [5.74, 6) is 0.369. The summed E-state index contributed by atoms with van der Waals surface area (Å²) in [6.45, 7) is 6.34. The van der Waals surface area contributed by atoms with Crippen LogP contribution in [0.5, 0.6) is 0 Å². The molecule has 1 saturated heterocycles. The van der Waals surface area contributed by atoms with E-state index in [-0.39, 0.29) is 6.10 Å². The summed E-state index contributed by atoms with van der Waals surface area (Å²) in [5.41, 5.74) is -0.215. The number of rotatable bonds is 5. The van der Waals surface area contributed by atoms with Crippen molar-refractivity contribution in [3.8, 4) is 0 Å². The quantitative estimate of drug-likeness (QED) is 0.904. The number of nitrogens with zero attached hydrogens (tertiary/aromatic N) is 3. The van der Waals surface area contributed by atoms with Gasteiger partial charge >= 0.3 is 0 Å². The molecule has 0 bridgehead atoms. The maximum Gasteiger partial charge on any atom is 0.112 e. The monoisotopic (exact) mass is 315 g/mol. The minimum atomic E-state index is -0.951. The zero-order valence-corrected chi connectivity index (χ0v) is 14.1. The van der Waals surface area contributed by atoms with Crippen molar-refractivity contribution >= 4 is 11.6 Å². The van der Waals surface area contributed by atoms with E-state index in [1.54, 1.807) is 6.20 Å². The van der Waals surface area contributed by atoms with Crippen LogP contribution in [-0.4, -0.2) is 53.1 Å². The van der Waals surface area contributed by atoms with E-state index in [1.807, 2.05) is 18.8 Å². The Morgan fingerprint density at radius 2 is 2.29 bits per heavy atom. The first-order valence-electron chi connectivity index (χ1n) is 7.54. The van der Waals surface area contributed by atoms with Crippen LogP contribution in [0.1, 0.15) is 32.4 Å². The lowest BCUT2D eigenvalue weighted by atomic mass is 9.84. The van der Waals surface area contributed by atoms with E-state index in [2.05, 4.69) is 23.8 Å². The predicted molar refractivity (Wildman–Crippen MR) is 83.5 cm³/mol. The highest BCUT2D eigenvalue weighted by atomic mass is 35.5. The summed E-state index contributed by atoms with van der Waals surface area (Å²) < 4.78 is 7.61. The van der Waals surface area contributed by atoms with Crippen LogP contribution in [0.2, 0.25) is 5.02 Å². The molecule has 0 aliphatic carbocycles. The highest BCUT2D eigenvalue weighted by Gasteiger charge is 2.41. The van der Waals surface area contributed by atoms with Crippen molar-refractivity contribution in [2.75, 3.05) is 27.2 Å². The Kier molecular flexibility index (Phi) is 5.30. The number of hydrogen-bond acceptors (Lipinski definition) is 4. The molecule has 1 fully saturated rings. The number of likely N-dealkylation sites (N-methyl/N-ethyl adjacent to an activating group) is 1. The van der Waals surface area contributed by atoms with Crippen LogP contribution in [0.25, 0.3) is 0 Å². The second kappa shape index (κ2) is 6.65. The van der Waals surface area contributed by atoms with Crippen molar-refractivity contribution in [3.05, 3.63) is 16.9 Å². The third kappa shape index (κ3) is 3.77. The molecule has 2 heterocycles. The number of aromatic nitrogens is 2. The number of halogens is 1. The van der Waals surface area contributed by atoms with Gasteiger partial charge in [0.1, 0.15) is 5.60 Å². The van der Waals surface area contributed by atoms with Gasteiger partial charge in [0.25, 0.3) is 0 Å². The second-order valence-electron chi connectivity index (χ2n) is 6.51. The van der Waals surface area contributed by atoms with Gasteiger partial charge in [-0.25, -0.2) is 0 Å². The van der Waals surface area contributed by atoms with Crippen molar-refractivity contribution in [1.82, 2.24) is 14.7 Å². The first-order valence-corrected chi connectivity index (χ1v) is 7.92. The van der Waals surface area contributed by atoms with Gasteiger partial charge in [-0.05, 0) is 20.0 Å². The molecule has 1 aromatic heterocycles. The molecular formula is C15H26ClN3O2. The molecule has 1 aromatic rings. The maximum atomic E-state index is 11.1. The molecule has 6 heteroatoms. The molecule has 0 radical (unpaired) electrons. The molecule has 5 nitrogen and oxygen atoms in total. The van der Waals surface area contributed by atoms with Crippen LogP contribution in [0, 0.1) is 5.92 Å². The van der Waals surface area contributed by atoms with E-state index in [9.17, 15) is 5.11 Å². The fourth-order valence-electron chi connectivity index (χ4n) is 2.81. The summed E-state index contributed by atoms with van der Waals surface area (Å²) in [6, 6.07) is 0. The number of aliphatic hydroxyl groups is 1. The predicted octanol–water partition coefficient (Wildman–Crippen LogP) is 2.12. The average Bonchev–Trinajstić information content (AvgIpc) is 2.78. The smallest absolute Gasteiger partial charge is 0.112 e. The SMILES string of the molecule is CC(C)C1CC(O)(c2c(Cl)cnn2CCN(C)C)CCO1. The number of ether oxygens (including phenoxy) is 1. The Morgan fingerprint density at radius 3 is 2.90 bits per heavy atom. The standard InChI is InChI=1S/C15H26ClN3O2/c1-11(2)13-9-15(20,5-8-21-13)14-12(16)10-17-19(14)7-6-18(3)4/h10-11,13,20H,5-9H2,1-4H3.